The summed E-state index contributed by atoms with van der Waals surface area (Å²) in [7, 11) is 3.34. The third-order valence-corrected chi connectivity index (χ3v) is 4.75. The van der Waals surface area contributed by atoms with Gasteiger partial charge >= 0.3 is 0 Å². The smallest absolute Gasteiger partial charge is 0.219 e. The van der Waals surface area contributed by atoms with Crippen molar-refractivity contribution >= 4 is 5.96 Å². The third-order valence-electron chi connectivity index (χ3n) is 4.75. The van der Waals surface area contributed by atoms with Crippen molar-refractivity contribution < 1.29 is 14.6 Å². The first-order valence-corrected chi connectivity index (χ1v) is 10.1. The molecule has 0 aliphatic carbocycles. The molecule has 1 aromatic heterocycles. The number of aromatic nitrogens is 1. The van der Waals surface area contributed by atoms with Gasteiger partial charge in [-0.25, -0.2) is 4.98 Å². The maximum Gasteiger partial charge on any atom is 0.219 e. The highest BCUT2D eigenvalue weighted by Crippen LogP contribution is 2.23. The highest BCUT2D eigenvalue weighted by atomic mass is 16.5. The minimum atomic E-state index is -0.00513. The van der Waals surface area contributed by atoms with Gasteiger partial charge in [0.25, 0.3) is 0 Å². The SMILES string of the molecule is CN=C(NCc1ccc(Oc2cccc(OC)c2)nc1)NCC(CO)c1ccccc1. The Labute approximate surface area is 182 Å². The molecular weight excluding hydrogens is 392 g/mol. The number of methoxy groups -OCH3 is 1. The zero-order chi connectivity index (χ0) is 21.9. The average Bonchev–Trinajstić information content (AvgIpc) is 2.83. The zero-order valence-electron chi connectivity index (χ0n) is 17.8. The topological polar surface area (TPSA) is 88.0 Å². The van der Waals surface area contributed by atoms with Gasteiger partial charge in [-0.2, -0.15) is 0 Å². The minimum Gasteiger partial charge on any atom is -0.497 e. The molecule has 1 atom stereocenters. The van der Waals surface area contributed by atoms with E-state index in [2.05, 4.69) is 20.6 Å². The molecule has 3 N–H and O–H groups in total. The number of hydrogen-bond donors (Lipinski definition) is 3. The zero-order valence-corrected chi connectivity index (χ0v) is 17.8. The van der Waals surface area contributed by atoms with Crippen LogP contribution in [-0.2, 0) is 6.54 Å². The summed E-state index contributed by atoms with van der Waals surface area (Å²) in [5, 5.41) is 16.2. The van der Waals surface area contributed by atoms with E-state index >= 15 is 0 Å². The van der Waals surface area contributed by atoms with E-state index in [4.69, 9.17) is 9.47 Å². The van der Waals surface area contributed by atoms with Crippen molar-refractivity contribution in [3.63, 3.8) is 0 Å². The Bertz CT molecular complexity index is 962. The molecule has 1 heterocycles. The number of nitrogens with one attached hydrogen (secondary N) is 2. The fourth-order valence-electron chi connectivity index (χ4n) is 3.00. The number of pyridine rings is 1. The lowest BCUT2D eigenvalue weighted by Crippen LogP contribution is -2.39. The Hall–Kier alpha value is -3.58. The largest absolute Gasteiger partial charge is 0.497 e. The summed E-state index contributed by atoms with van der Waals surface area (Å²) < 4.78 is 11.0. The Balaban J connectivity index is 1.50. The standard InChI is InChI=1S/C24H28N4O3/c1-25-24(28-16-20(17-29)19-7-4-3-5-8-19)27-15-18-11-12-23(26-14-18)31-22-10-6-9-21(13-22)30-2/h3-14,20,29H,15-17H2,1-2H3,(H2,25,27,28). The molecule has 0 saturated heterocycles. The molecule has 0 spiro atoms. The van der Waals surface area contributed by atoms with Crippen molar-refractivity contribution in [1.29, 1.82) is 0 Å². The predicted octanol–water partition coefficient (Wildman–Crippen LogP) is 3.32. The Morgan fingerprint density at radius 1 is 1.03 bits per heavy atom. The summed E-state index contributed by atoms with van der Waals surface area (Å²) in [5.74, 6) is 2.56. The van der Waals surface area contributed by atoms with Crippen LogP contribution in [0.15, 0.2) is 77.9 Å². The molecule has 3 rings (SSSR count). The van der Waals surface area contributed by atoms with E-state index in [1.807, 2.05) is 66.7 Å². The lowest BCUT2D eigenvalue weighted by atomic mass is 10.0. The van der Waals surface area contributed by atoms with Gasteiger partial charge in [-0.1, -0.05) is 42.5 Å². The van der Waals surface area contributed by atoms with Gasteiger partial charge in [0.2, 0.25) is 5.88 Å². The highest BCUT2D eigenvalue weighted by Gasteiger charge is 2.11. The summed E-state index contributed by atoms with van der Waals surface area (Å²) in [6.07, 6.45) is 1.76. The van der Waals surface area contributed by atoms with E-state index in [0.717, 1.165) is 16.9 Å². The molecule has 1 unspecified atom stereocenters. The van der Waals surface area contributed by atoms with E-state index in [1.165, 1.54) is 0 Å². The first-order chi connectivity index (χ1) is 15.2. The summed E-state index contributed by atoms with van der Waals surface area (Å²) in [5.41, 5.74) is 2.08. The molecule has 7 heteroatoms. The van der Waals surface area contributed by atoms with Crippen LogP contribution in [0.2, 0.25) is 0 Å². The van der Waals surface area contributed by atoms with Crippen LogP contribution in [0.5, 0.6) is 17.4 Å². The van der Waals surface area contributed by atoms with Crippen molar-refractivity contribution in [2.75, 3.05) is 27.3 Å². The van der Waals surface area contributed by atoms with Crippen LogP contribution in [0.1, 0.15) is 17.0 Å². The molecular formula is C24H28N4O3. The predicted molar refractivity (Wildman–Crippen MR) is 122 cm³/mol. The molecule has 0 saturated carbocycles. The minimum absolute atomic E-state index is 0.00513. The van der Waals surface area contributed by atoms with Crippen molar-refractivity contribution in [1.82, 2.24) is 15.6 Å². The van der Waals surface area contributed by atoms with Gasteiger partial charge < -0.3 is 25.2 Å². The van der Waals surface area contributed by atoms with E-state index in [0.29, 0.717) is 30.7 Å². The van der Waals surface area contributed by atoms with Gasteiger partial charge in [-0.05, 0) is 23.3 Å². The first kappa shape index (κ1) is 22.1. The van der Waals surface area contributed by atoms with Gasteiger partial charge in [0.1, 0.15) is 11.5 Å². The first-order valence-electron chi connectivity index (χ1n) is 10.1. The summed E-state index contributed by atoms with van der Waals surface area (Å²) in [6.45, 7) is 1.19. The van der Waals surface area contributed by atoms with E-state index in [9.17, 15) is 5.11 Å². The van der Waals surface area contributed by atoms with Crippen LogP contribution in [-0.4, -0.2) is 43.4 Å². The number of ether oxygens (including phenoxy) is 2. The van der Waals surface area contributed by atoms with Gasteiger partial charge in [-0.15, -0.1) is 0 Å². The average molecular weight is 421 g/mol. The second-order valence-corrected chi connectivity index (χ2v) is 6.88. The third kappa shape index (κ3) is 6.72. The van der Waals surface area contributed by atoms with Crippen molar-refractivity contribution in [2.24, 2.45) is 4.99 Å². The lowest BCUT2D eigenvalue weighted by Gasteiger charge is -2.18. The Morgan fingerprint density at radius 3 is 2.52 bits per heavy atom. The lowest BCUT2D eigenvalue weighted by molar-refractivity contribution is 0.265. The van der Waals surface area contributed by atoms with E-state index in [1.54, 1.807) is 20.4 Å². The van der Waals surface area contributed by atoms with E-state index in [-0.39, 0.29) is 12.5 Å². The van der Waals surface area contributed by atoms with Crippen LogP contribution in [0.25, 0.3) is 0 Å². The number of guanidine groups is 1. The fraction of sp³-hybridized carbons (Fsp3) is 0.250. The monoisotopic (exact) mass is 420 g/mol. The van der Waals surface area contributed by atoms with Crippen LogP contribution >= 0.6 is 0 Å². The molecule has 0 amide bonds. The normalized spacial score (nSPS) is 12.2. The molecule has 0 bridgehead atoms. The van der Waals surface area contributed by atoms with Gasteiger partial charge in [0, 0.05) is 44.4 Å². The molecule has 7 nitrogen and oxygen atoms in total. The Kier molecular flexibility index (Phi) is 8.25. The molecule has 0 radical (unpaired) electrons. The summed E-state index contributed by atoms with van der Waals surface area (Å²) in [4.78, 5) is 8.61. The quantitative estimate of drug-likeness (QED) is 0.364. The molecule has 2 aromatic carbocycles. The fourth-order valence-corrected chi connectivity index (χ4v) is 3.00. The van der Waals surface area contributed by atoms with Crippen molar-refractivity contribution in [3.05, 3.63) is 84.1 Å². The van der Waals surface area contributed by atoms with E-state index < -0.39 is 0 Å². The number of rotatable bonds is 9. The molecule has 3 aromatic rings. The number of benzene rings is 2. The maximum atomic E-state index is 9.71. The summed E-state index contributed by atoms with van der Waals surface area (Å²) >= 11 is 0. The second kappa shape index (κ2) is 11.6. The number of aliphatic imine (C=N–C) groups is 1. The number of hydrogen-bond acceptors (Lipinski definition) is 5. The van der Waals surface area contributed by atoms with Crippen LogP contribution < -0.4 is 20.1 Å². The number of nitrogens with zero attached hydrogens (tertiary/aromatic N) is 2. The molecule has 0 fully saturated rings. The van der Waals surface area contributed by atoms with Gasteiger partial charge in [0.15, 0.2) is 5.96 Å². The van der Waals surface area contributed by atoms with Crippen LogP contribution in [0.3, 0.4) is 0 Å². The van der Waals surface area contributed by atoms with Crippen molar-refractivity contribution in [3.8, 4) is 17.4 Å². The summed E-state index contributed by atoms with van der Waals surface area (Å²) in [6, 6.07) is 21.1. The number of aliphatic hydroxyl groups is 1. The highest BCUT2D eigenvalue weighted by molar-refractivity contribution is 5.79. The van der Waals surface area contributed by atoms with Gasteiger partial charge in [-0.3, -0.25) is 4.99 Å². The van der Waals surface area contributed by atoms with Crippen LogP contribution in [0, 0.1) is 0 Å². The molecule has 162 valence electrons. The molecule has 31 heavy (non-hydrogen) atoms. The number of aliphatic hydroxyl groups excluding tert-OH is 1. The van der Waals surface area contributed by atoms with Crippen LogP contribution in [0.4, 0.5) is 0 Å². The van der Waals surface area contributed by atoms with Crippen molar-refractivity contribution in [2.45, 2.75) is 12.5 Å². The molecule has 0 aliphatic rings. The second-order valence-electron chi connectivity index (χ2n) is 6.88. The molecule has 0 aliphatic heterocycles. The Morgan fingerprint density at radius 2 is 1.84 bits per heavy atom. The maximum absolute atomic E-state index is 9.71. The van der Waals surface area contributed by atoms with Gasteiger partial charge in [0.05, 0.1) is 13.7 Å².